The zero-order chi connectivity index (χ0) is 14.8. The molecule has 1 aromatic carbocycles. The zero-order valence-electron chi connectivity index (χ0n) is 12.4. The van der Waals surface area contributed by atoms with Crippen molar-refractivity contribution in [1.29, 1.82) is 0 Å². The van der Waals surface area contributed by atoms with Crippen molar-refractivity contribution in [2.24, 2.45) is 5.92 Å². The predicted molar refractivity (Wildman–Crippen MR) is 79.1 cm³/mol. The van der Waals surface area contributed by atoms with E-state index in [1.165, 1.54) is 7.11 Å². The van der Waals surface area contributed by atoms with Crippen molar-refractivity contribution in [2.75, 3.05) is 20.2 Å². The van der Waals surface area contributed by atoms with Crippen molar-refractivity contribution in [1.82, 2.24) is 4.90 Å². The highest BCUT2D eigenvalue weighted by molar-refractivity contribution is 5.89. The van der Waals surface area contributed by atoms with Crippen molar-refractivity contribution in [2.45, 2.75) is 31.6 Å². The van der Waals surface area contributed by atoms with Crippen LogP contribution in [0.5, 0.6) is 0 Å². The van der Waals surface area contributed by atoms with Crippen LogP contribution in [0.2, 0.25) is 0 Å². The molecule has 1 saturated heterocycles. The number of hydrogen-bond donors (Lipinski definition) is 0. The highest BCUT2D eigenvalue weighted by Crippen LogP contribution is 2.34. The molecular formula is C17H21NO3. The SMILES string of the molecule is COC(=O)c1cccc([C@@H]2CCCN(C(=O)C3CC3)C2)c1. The van der Waals surface area contributed by atoms with Crippen molar-refractivity contribution in [3.8, 4) is 0 Å². The summed E-state index contributed by atoms with van der Waals surface area (Å²) in [6.45, 7) is 1.66. The summed E-state index contributed by atoms with van der Waals surface area (Å²) in [6.07, 6.45) is 4.21. The number of ether oxygens (including phenoxy) is 1. The maximum atomic E-state index is 12.2. The largest absolute Gasteiger partial charge is 0.465 e. The fraction of sp³-hybridized carbons (Fsp3) is 0.529. The van der Waals surface area contributed by atoms with E-state index in [4.69, 9.17) is 4.74 Å². The fourth-order valence-electron chi connectivity index (χ4n) is 3.08. The number of methoxy groups -OCH3 is 1. The molecule has 0 N–H and O–H groups in total. The van der Waals surface area contributed by atoms with Crippen molar-refractivity contribution >= 4 is 11.9 Å². The maximum Gasteiger partial charge on any atom is 0.337 e. The molecule has 1 aliphatic heterocycles. The Kier molecular flexibility index (Phi) is 3.95. The maximum absolute atomic E-state index is 12.2. The molecular weight excluding hydrogens is 266 g/mol. The molecule has 2 aliphatic rings. The average molecular weight is 287 g/mol. The van der Waals surface area contributed by atoms with E-state index in [-0.39, 0.29) is 11.9 Å². The van der Waals surface area contributed by atoms with Gasteiger partial charge < -0.3 is 9.64 Å². The average Bonchev–Trinajstić information content (AvgIpc) is 3.38. The Balaban J connectivity index is 1.73. The molecule has 0 unspecified atom stereocenters. The van der Waals surface area contributed by atoms with Crippen LogP contribution >= 0.6 is 0 Å². The fourth-order valence-corrected chi connectivity index (χ4v) is 3.08. The Morgan fingerprint density at radius 1 is 1.24 bits per heavy atom. The minimum absolute atomic E-state index is 0.283. The van der Waals surface area contributed by atoms with Gasteiger partial charge in [0.05, 0.1) is 12.7 Å². The minimum Gasteiger partial charge on any atom is -0.465 e. The first-order chi connectivity index (χ1) is 10.2. The second kappa shape index (κ2) is 5.88. The quantitative estimate of drug-likeness (QED) is 0.803. The van der Waals surface area contributed by atoms with Gasteiger partial charge in [-0.1, -0.05) is 12.1 Å². The van der Waals surface area contributed by atoms with Gasteiger partial charge in [0, 0.05) is 24.9 Å². The summed E-state index contributed by atoms with van der Waals surface area (Å²) in [4.78, 5) is 25.9. The van der Waals surface area contributed by atoms with Crippen LogP contribution in [0, 0.1) is 5.92 Å². The van der Waals surface area contributed by atoms with E-state index >= 15 is 0 Å². The van der Waals surface area contributed by atoms with Crippen molar-refractivity contribution in [3.63, 3.8) is 0 Å². The van der Waals surface area contributed by atoms with Gasteiger partial charge in [0.15, 0.2) is 0 Å². The number of amides is 1. The number of carbonyl (C=O) groups is 2. The van der Waals surface area contributed by atoms with Crippen LogP contribution in [0.3, 0.4) is 0 Å². The van der Waals surface area contributed by atoms with Gasteiger partial charge in [-0.25, -0.2) is 4.79 Å². The second-order valence-corrected chi connectivity index (χ2v) is 6.01. The molecule has 1 aromatic rings. The normalized spacial score (nSPS) is 22.0. The van der Waals surface area contributed by atoms with Crippen LogP contribution in [-0.2, 0) is 9.53 Å². The summed E-state index contributed by atoms with van der Waals surface area (Å²) in [5.74, 6) is 0.624. The van der Waals surface area contributed by atoms with E-state index in [9.17, 15) is 9.59 Å². The predicted octanol–water partition coefficient (Wildman–Crippen LogP) is 2.59. The Morgan fingerprint density at radius 3 is 2.76 bits per heavy atom. The Bertz CT molecular complexity index is 551. The van der Waals surface area contributed by atoms with E-state index in [0.717, 1.165) is 44.3 Å². The first-order valence-electron chi connectivity index (χ1n) is 7.66. The second-order valence-electron chi connectivity index (χ2n) is 6.01. The van der Waals surface area contributed by atoms with E-state index in [2.05, 4.69) is 0 Å². The smallest absolute Gasteiger partial charge is 0.337 e. The molecule has 0 bridgehead atoms. The van der Waals surface area contributed by atoms with Gasteiger partial charge in [0.2, 0.25) is 5.91 Å². The molecule has 0 radical (unpaired) electrons. The first-order valence-corrected chi connectivity index (χ1v) is 7.66. The lowest BCUT2D eigenvalue weighted by atomic mass is 9.89. The van der Waals surface area contributed by atoms with Crippen molar-refractivity contribution in [3.05, 3.63) is 35.4 Å². The molecule has 0 aromatic heterocycles. The summed E-state index contributed by atoms with van der Waals surface area (Å²) < 4.78 is 4.77. The third-order valence-corrected chi connectivity index (χ3v) is 4.44. The number of carbonyl (C=O) groups excluding carboxylic acids is 2. The van der Waals surface area contributed by atoms with Crippen LogP contribution < -0.4 is 0 Å². The van der Waals surface area contributed by atoms with E-state index in [1.54, 1.807) is 6.07 Å². The first kappa shape index (κ1) is 14.1. The molecule has 2 fully saturated rings. The van der Waals surface area contributed by atoms with Crippen LogP contribution in [0.25, 0.3) is 0 Å². The molecule has 112 valence electrons. The van der Waals surface area contributed by atoms with Gasteiger partial charge in [-0.15, -0.1) is 0 Å². The molecule has 0 spiro atoms. The number of piperidine rings is 1. The summed E-state index contributed by atoms with van der Waals surface area (Å²) in [5.41, 5.74) is 1.71. The molecule has 1 amide bonds. The Hall–Kier alpha value is -1.84. The number of esters is 1. The lowest BCUT2D eigenvalue weighted by Crippen LogP contribution is -2.39. The number of benzene rings is 1. The number of likely N-dealkylation sites (tertiary alicyclic amines) is 1. The lowest BCUT2D eigenvalue weighted by Gasteiger charge is -2.33. The summed E-state index contributed by atoms with van der Waals surface area (Å²) in [6, 6.07) is 7.61. The topological polar surface area (TPSA) is 46.6 Å². The molecule has 1 saturated carbocycles. The molecule has 1 aliphatic carbocycles. The zero-order valence-corrected chi connectivity index (χ0v) is 12.4. The van der Waals surface area contributed by atoms with Gasteiger partial charge >= 0.3 is 5.97 Å². The summed E-state index contributed by atoms with van der Waals surface area (Å²) in [5, 5.41) is 0. The molecule has 4 heteroatoms. The van der Waals surface area contributed by atoms with Gasteiger partial charge in [-0.05, 0) is 43.4 Å². The van der Waals surface area contributed by atoms with Crippen LogP contribution in [0.15, 0.2) is 24.3 Å². The van der Waals surface area contributed by atoms with E-state index in [0.29, 0.717) is 17.4 Å². The number of rotatable bonds is 3. The van der Waals surface area contributed by atoms with E-state index in [1.807, 2.05) is 23.1 Å². The van der Waals surface area contributed by atoms with Crippen molar-refractivity contribution < 1.29 is 14.3 Å². The minimum atomic E-state index is -0.307. The molecule has 21 heavy (non-hydrogen) atoms. The molecule has 3 rings (SSSR count). The van der Waals surface area contributed by atoms with E-state index < -0.39 is 0 Å². The molecule has 4 nitrogen and oxygen atoms in total. The van der Waals surface area contributed by atoms with Gasteiger partial charge in [-0.2, -0.15) is 0 Å². The summed E-state index contributed by atoms with van der Waals surface area (Å²) in [7, 11) is 1.39. The number of hydrogen-bond acceptors (Lipinski definition) is 3. The van der Waals surface area contributed by atoms with Crippen LogP contribution in [0.1, 0.15) is 47.5 Å². The molecule has 1 heterocycles. The highest BCUT2D eigenvalue weighted by atomic mass is 16.5. The third kappa shape index (κ3) is 3.09. The van der Waals surface area contributed by atoms with Crippen LogP contribution in [-0.4, -0.2) is 37.0 Å². The lowest BCUT2D eigenvalue weighted by molar-refractivity contribution is -0.133. The van der Waals surface area contributed by atoms with Gasteiger partial charge in [0.25, 0.3) is 0 Å². The highest BCUT2D eigenvalue weighted by Gasteiger charge is 2.35. The summed E-state index contributed by atoms with van der Waals surface area (Å²) >= 11 is 0. The van der Waals surface area contributed by atoms with Gasteiger partial charge in [-0.3, -0.25) is 4.79 Å². The Morgan fingerprint density at radius 2 is 2.05 bits per heavy atom. The molecule has 1 atom stereocenters. The standard InChI is InChI=1S/C17H21NO3/c1-21-17(20)14-5-2-4-13(10-14)15-6-3-9-18(11-15)16(19)12-7-8-12/h2,4-5,10,12,15H,3,6-9,11H2,1H3/t15-/m1/s1. The van der Waals surface area contributed by atoms with Gasteiger partial charge in [0.1, 0.15) is 0 Å². The Labute approximate surface area is 125 Å². The monoisotopic (exact) mass is 287 g/mol. The third-order valence-electron chi connectivity index (χ3n) is 4.44. The number of nitrogens with zero attached hydrogens (tertiary/aromatic N) is 1. The van der Waals surface area contributed by atoms with Crippen LogP contribution in [0.4, 0.5) is 0 Å².